The van der Waals surface area contributed by atoms with E-state index in [-0.39, 0.29) is 24.0 Å². The number of anilines is 1. The molecule has 1 fully saturated rings. The van der Waals surface area contributed by atoms with E-state index in [2.05, 4.69) is 15.2 Å². The highest BCUT2D eigenvalue weighted by Crippen LogP contribution is 2.29. The van der Waals surface area contributed by atoms with Crippen LogP contribution in [0.25, 0.3) is 11.0 Å². The SMILES string of the molecule is NS(=O)(=O)CC1CC(=O)N(c2n[nH]c3ncccc23)C1. The molecular weight excluding hydrogens is 282 g/mol. The lowest BCUT2D eigenvalue weighted by Gasteiger charge is -2.13. The number of carbonyl (C=O) groups excluding carboxylic acids is 1. The molecular formula is C11H13N5O3S. The molecule has 1 saturated heterocycles. The van der Waals surface area contributed by atoms with E-state index in [0.29, 0.717) is 18.0 Å². The summed E-state index contributed by atoms with van der Waals surface area (Å²) in [5.74, 6) is -0.178. The Bertz CT molecular complexity index is 769. The Kier molecular flexibility index (Phi) is 2.94. The number of pyridine rings is 1. The van der Waals surface area contributed by atoms with Crippen molar-refractivity contribution in [2.45, 2.75) is 6.42 Å². The van der Waals surface area contributed by atoms with Gasteiger partial charge >= 0.3 is 0 Å². The van der Waals surface area contributed by atoms with Crippen LogP contribution >= 0.6 is 0 Å². The van der Waals surface area contributed by atoms with Gasteiger partial charge in [-0.25, -0.2) is 18.5 Å². The number of primary sulfonamides is 1. The molecule has 0 bridgehead atoms. The minimum Gasteiger partial charge on any atom is -0.294 e. The number of nitrogens with one attached hydrogen (secondary N) is 1. The lowest BCUT2D eigenvalue weighted by Crippen LogP contribution is -2.27. The molecule has 0 aromatic carbocycles. The van der Waals surface area contributed by atoms with Crippen molar-refractivity contribution in [3.05, 3.63) is 18.3 Å². The van der Waals surface area contributed by atoms with Gasteiger partial charge in [0.05, 0.1) is 11.1 Å². The van der Waals surface area contributed by atoms with Crippen molar-refractivity contribution in [1.82, 2.24) is 15.2 Å². The van der Waals surface area contributed by atoms with Crippen LogP contribution in [0.1, 0.15) is 6.42 Å². The molecule has 106 valence electrons. The normalized spacial score (nSPS) is 19.9. The molecule has 3 heterocycles. The first-order chi connectivity index (χ1) is 9.44. The molecule has 0 spiro atoms. The van der Waals surface area contributed by atoms with Gasteiger partial charge in [-0.3, -0.25) is 14.8 Å². The summed E-state index contributed by atoms with van der Waals surface area (Å²) in [5.41, 5.74) is 0.588. The van der Waals surface area contributed by atoms with E-state index in [1.54, 1.807) is 18.3 Å². The smallest absolute Gasteiger partial charge is 0.228 e. The molecule has 0 saturated carbocycles. The predicted octanol–water partition coefficient (Wildman–Crippen LogP) is -0.401. The second-order valence-electron chi connectivity index (χ2n) is 4.85. The van der Waals surface area contributed by atoms with Crippen LogP contribution in [0.5, 0.6) is 0 Å². The van der Waals surface area contributed by atoms with E-state index in [4.69, 9.17) is 5.14 Å². The van der Waals surface area contributed by atoms with Crippen LogP contribution in [-0.4, -0.2) is 41.8 Å². The molecule has 20 heavy (non-hydrogen) atoms. The predicted molar refractivity (Wildman–Crippen MR) is 72.3 cm³/mol. The number of aromatic nitrogens is 3. The van der Waals surface area contributed by atoms with Crippen LogP contribution in [0.15, 0.2) is 18.3 Å². The van der Waals surface area contributed by atoms with Gasteiger partial charge in [0, 0.05) is 25.1 Å². The Morgan fingerprint density at radius 3 is 3.05 bits per heavy atom. The highest BCUT2D eigenvalue weighted by molar-refractivity contribution is 7.89. The molecule has 1 atom stereocenters. The van der Waals surface area contributed by atoms with Gasteiger partial charge < -0.3 is 0 Å². The number of hydrogen-bond acceptors (Lipinski definition) is 5. The molecule has 3 rings (SSSR count). The maximum absolute atomic E-state index is 12.0. The van der Waals surface area contributed by atoms with E-state index < -0.39 is 10.0 Å². The maximum Gasteiger partial charge on any atom is 0.228 e. The summed E-state index contributed by atoms with van der Waals surface area (Å²) in [4.78, 5) is 17.6. The fraction of sp³-hybridized carbons (Fsp3) is 0.364. The van der Waals surface area contributed by atoms with Crippen LogP contribution in [0.3, 0.4) is 0 Å². The third-order valence-corrected chi connectivity index (χ3v) is 4.18. The number of hydrogen-bond donors (Lipinski definition) is 2. The Labute approximate surface area is 115 Å². The summed E-state index contributed by atoms with van der Waals surface area (Å²) in [6.45, 7) is 0.296. The van der Waals surface area contributed by atoms with Gasteiger partial charge in [0.15, 0.2) is 11.5 Å². The van der Waals surface area contributed by atoms with Gasteiger partial charge in [-0.1, -0.05) is 0 Å². The van der Waals surface area contributed by atoms with Gasteiger partial charge in [-0.2, -0.15) is 5.10 Å². The number of amides is 1. The zero-order valence-electron chi connectivity index (χ0n) is 10.5. The van der Waals surface area contributed by atoms with Gasteiger partial charge in [-0.15, -0.1) is 0 Å². The molecule has 0 radical (unpaired) electrons. The first-order valence-corrected chi connectivity index (χ1v) is 7.75. The largest absolute Gasteiger partial charge is 0.294 e. The molecule has 2 aromatic rings. The summed E-state index contributed by atoms with van der Waals surface area (Å²) >= 11 is 0. The number of sulfonamides is 1. The van der Waals surface area contributed by atoms with E-state index in [1.165, 1.54) is 4.90 Å². The monoisotopic (exact) mass is 295 g/mol. The zero-order valence-corrected chi connectivity index (χ0v) is 11.3. The summed E-state index contributed by atoms with van der Waals surface area (Å²) in [5, 5.41) is 12.6. The average molecular weight is 295 g/mol. The fourth-order valence-corrected chi connectivity index (χ4v) is 3.35. The van der Waals surface area contributed by atoms with Gasteiger partial charge in [0.1, 0.15) is 0 Å². The summed E-state index contributed by atoms with van der Waals surface area (Å²) in [7, 11) is -3.59. The zero-order chi connectivity index (χ0) is 14.3. The Morgan fingerprint density at radius 2 is 2.30 bits per heavy atom. The summed E-state index contributed by atoms with van der Waals surface area (Å²) in [6.07, 6.45) is 1.78. The second-order valence-corrected chi connectivity index (χ2v) is 6.51. The first kappa shape index (κ1) is 13.0. The number of H-pyrrole nitrogens is 1. The first-order valence-electron chi connectivity index (χ1n) is 6.04. The molecule has 3 N–H and O–H groups in total. The molecule has 1 unspecified atom stereocenters. The van der Waals surface area contributed by atoms with Gasteiger partial charge in [0.2, 0.25) is 15.9 Å². The number of carbonyl (C=O) groups is 1. The van der Waals surface area contributed by atoms with E-state index >= 15 is 0 Å². The summed E-state index contributed by atoms with van der Waals surface area (Å²) < 4.78 is 22.2. The van der Waals surface area contributed by atoms with Crippen LogP contribution in [-0.2, 0) is 14.8 Å². The van der Waals surface area contributed by atoms with E-state index in [0.717, 1.165) is 5.39 Å². The molecule has 2 aromatic heterocycles. The van der Waals surface area contributed by atoms with Crippen molar-refractivity contribution in [3.8, 4) is 0 Å². The third kappa shape index (κ3) is 2.37. The Balaban J connectivity index is 1.90. The maximum atomic E-state index is 12.0. The Morgan fingerprint density at radius 1 is 1.50 bits per heavy atom. The minimum atomic E-state index is -3.59. The second kappa shape index (κ2) is 4.53. The average Bonchev–Trinajstić information content (AvgIpc) is 2.90. The third-order valence-electron chi connectivity index (χ3n) is 3.25. The molecule has 0 aliphatic carbocycles. The number of aromatic amines is 1. The molecule has 1 aliphatic heterocycles. The molecule has 1 amide bonds. The highest BCUT2D eigenvalue weighted by atomic mass is 32.2. The van der Waals surface area contributed by atoms with Crippen LogP contribution < -0.4 is 10.0 Å². The molecule has 9 heteroatoms. The van der Waals surface area contributed by atoms with E-state index in [1.807, 2.05) is 0 Å². The fourth-order valence-electron chi connectivity index (χ4n) is 2.47. The number of nitrogens with two attached hydrogens (primary N) is 1. The van der Waals surface area contributed by atoms with Crippen LogP contribution in [0.4, 0.5) is 5.82 Å². The van der Waals surface area contributed by atoms with Gasteiger partial charge in [0.25, 0.3) is 0 Å². The van der Waals surface area contributed by atoms with Crippen LogP contribution in [0, 0.1) is 5.92 Å². The van der Waals surface area contributed by atoms with Crippen LogP contribution in [0.2, 0.25) is 0 Å². The topological polar surface area (TPSA) is 122 Å². The standard InChI is InChI=1S/C11H13N5O3S/c12-20(18,19)6-7-4-9(17)16(5-7)11-8-2-1-3-13-10(8)14-15-11/h1-3,7H,4-6H2,(H2,12,18,19)(H,13,14,15). The highest BCUT2D eigenvalue weighted by Gasteiger charge is 2.34. The number of rotatable bonds is 3. The van der Waals surface area contributed by atoms with E-state index in [9.17, 15) is 13.2 Å². The van der Waals surface area contributed by atoms with Crippen molar-refractivity contribution in [3.63, 3.8) is 0 Å². The lowest BCUT2D eigenvalue weighted by molar-refractivity contribution is -0.117. The molecule has 1 aliphatic rings. The van der Waals surface area contributed by atoms with Crippen molar-refractivity contribution in [2.24, 2.45) is 11.1 Å². The van der Waals surface area contributed by atoms with Crippen molar-refractivity contribution in [2.75, 3.05) is 17.2 Å². The van der Waals surface area contributed by atoms with Crippen molar-refractivity contribution >= 4 is 32.8 Å². The lowest BCUT2D eigenvalue weighted by atomic mass is 10.1. The minimum absolute atomic E-state index is 0.157. The Hall–Kier alpha value is -2.00. The molecule has 8 nitrogen and oxygen atoms in total. The quantitative estimate of drug-likeness (QED) is 0.797. The van der Waals surface area contributed by atoms with Crippen molar-refractivity contribution < 1.29 is 13.2 Å². The summed E-state index contributed by atoms with van der Waals surface area (Å²) in [6, 6.07) is 3.56. The van der Waals surface area contributed by atoms with Crippen molar-refractivity contribution in [1.29, 1.82) is 0 Å². The number of nitrogens with zero attached hydrogens (tertiary/aromatic N) is 3. The van der Waals surface area contributed by atoms with Gasteiger partial charge in [-0.05, 0) is 12.1 Å². The number of fused-ring (bicyclic) bond motifs is 1.